The van der Waals surface area contributed by atoms with Crippen molar-refractivity contribution in [2.24, 2.45) is 0 Å². The maximum atomic E-state index is 13.0. The molecule has 2 aromatic carbocycles. The van der Waals surface area contributed by atoms with Crippen molar-refractivity contribution in [3.63, 3.8) is 0 Å². The first-order valence-corrected chi connectivity index (χ1v) is 12.3. The minimum Gasteiger partial charge on any atom is -0.379 e. The van der Waals surface area contributed by atoms with Crippen molar-refractivity contribution in [3.05, 3.63) is 54.1 Å². The minimum absolute atomic E-state index is 0.299. The molecule has 1 aliphatic heterocycles. The van der Waals surface area contributed by atoms with Crippen LogP contribution in [0.4, 0.5) is 0 Å². The van der Waals surface area contributed by atoms with Crippen LogP contribution in [0.15, 0.2) is 58.6 Å². The molecule has 6 nitrogen and oxygen atoms in total. The summed E-state index contributed by atoms with van der Waals surface area (Å²) in [5.41, 5.74) is 2.94. The average molecular weight is 432 g/mol. The summed E-state index contributed by atoms with van der Waals surface area (Å²) in [6, 6.07) is 15.6. The molecule has 1 aromatic heterocycles. The summed E-state index contributed by atoms with van der Waals surface area (Å²) in [6.45, 7) is 4.64. The molecule has 1 aliphatic rings. The van der Waals surface area contributed by atoms with Gasteiger partial charge in [0.1, 0.15) is 0 Å². The van der Waals surface area contributed by atoms with Gasteiger partial charge in [-0.05, 0) is 30.2 Å². The Bertz CT molecular complexity index is 1080. The lowest BCUT2D eigenvalue weighted by Gasteiger charge is -2.26. The monoisotopic (exact) mass is 431 g/mol. The van der Waals surface area contributed by atoms with E-state index < -0.39 is 10.0 Å². The number of nitrogens with zero attached hydrogens (tertiary/aromatic N) is 3. The minimum atomic E-state index is -3.53. The zero-order valence-corrected chi connectivity index (χ0v) is 18.1. The van der Waals surface area contributed by atoms with E-state index in [1.54, 1.807) is 23.9 Å². The smallest absolute Gasteiger partial charge is 0.243 e. The number of thioether (sulfide) groups is 1. The summed E-state index contributed by atoms with van der Waals surface area (Å²) in [5.74, 6) is 0.826. The highest BCUT2D eigenvalue weighted by molar-refractivity contribution is 7.98. The van der Waals surface area contributed by atoms with Gasteiger partial charge in [-0.1, -0.05) is 49.0 Å². The van der Waals surface area contributed by atoms with Crippen molar-refractivity contribution in [1.82, 2.24) is 13.9 Å². The third kappa shape index (κ3) is 4.35. The van der Waals surface area contributed by atoms with Gasteiger partial charge in [0.2, 0.25) is 10.0 Å². The van der Waals surface area contributed by atoms with E-state index in [1.807, 2.05) is 24.3 Å². The van der Waals surface area contributed by atoms with Crippen LogP contribution in [0.2, 0.25) is 0 Å². The summed E-state index contributed by atoms with van der Waals surface area (Å²) < 4.78 is 34.9. The summed E-state index contributed by atoms with van der Waals surface area (Å²) in [7, 11) is -3.53. The van der Waals surface area contributed by atoms with Gasteiger partial charge in [0.05, 0.1) is 29.1 Å². The van der Waals surface area contributed by atoms with E-state index in [-0.39, 0.29) is 0 Å². The molecule has 0 unspecified atom stereocenters. The first-order chi connectivity index (χ1) is 14.1. The topological polar surface area (TPSA) is 64.4 Å². The zero-order chi connectivity index (χ0) is 20.3. The Hall–Kier alpha value is -1.87. The quantitative estimate of drug-likeness (QED) is 0.533. The van der Waals surface area contributed by atoms with Crippen molar-refractivity contribution in [1.29, 1.82) is 0 Å². The molecule has 4 rings (SSSR count). The van der Waals surface area contributed by atoms with E-state index >= 15 is 0 Å². The second kappa shape index (κ2) is 8.87. The molecule has 1 saturated heterocycles. The molecule has 0 radical (unpaired) electrons. The molecule has 3 aromatic rings. The van der Waals surface area contributed by atoms with Crippen LogP contribution >= 0.6 is 11.8 Å². The number of rotatable bonds is 7. The third-order valence-electron chi connectivity index (χ3n) is 4.95. The highest BCUT2D eigenvalue weighted by Crippen LogP contribution is 2.29. The maximum Gasteiger partial charge on any atom is 0.243 e. The molecule has 0 N–H and O–H groups in total. The summed E-state index contributed by atoms with van der Waals surface area (Å²) in [4.78, 5) is 5.08. The Kier molecular flexibility index (Phi) is 6.24. The zero-order valence-electron chi connectivity index (χ0n) is 16.5. The van der Waals surface area contributed by atoms with Crippen molar-refractivity contribution >= 4 is 32.8 Å². The highest BCUT2D eigenvalue weighted by Gasteiger charge is 2.27. The molecule has 0 spiro atoms. The number of fused-ring (bicyclic) bond motifs is 1. The molecule has 29 heavy (non-hydrogen) atoms. The Labute approximate surface area is 175 Å². The average Bonchev–Trinajstić information content (AvgIpc) is 3.10. The van der Waals surface area contributed by atoms with E-state index in [4.69, 9.17) is 9.72 Å². The number of ether oxygens (including phenoxy) is 1. The molecular formula is C21H25N3O3S2. The number of morpholine rings is 1. The molecule has 154 valence electrons. The number of aryl methyl sites for hydroxylation is 1. The van der Waals surface area contributed by atoms with Crippen molar-refractivity contribution < 1.29 is 13.2 Å². The van der Waals surface area contributed by atoms with E-state index in [9.17, 15) is 8.42 Å². The van der Waals surface area contributed by atoms with Crippen molar-refractivity contribution in [2.75, 3.05) is 26.3 Å². The Morgan fingerprint density at radius 3 is 2.59 bits per heavy atom. The third-order valence-corrected chi connectivity index (χ3v) is 7.89. The number of hydrogen-bond acceptors (Lipinski definition) is 5. The van der Waals surface area contributed by atoms with E-state index in [0.29, 0.717) is 31.2 Å². The summed E-state index contributed by atoms with van der Waals surface area (Å²) in [6.07, 6.45) is 0.984. The number of aromatic nitrogens is 2. The Morgan fingerprint density at radius 1 is 1.10 bits per heavy atom. The number of imidazole rings is 1. The molecule has 2 heterocycles. The highest BCUT2D eigenvalue weighted by atomic mass is 32.2. The number of hydrogen-bond donors (Lipinski definition) is 0. The SMILES string of the molecule is CCCn1c(SCc2ccccc2)nc2cc(S(=O)(=O)N3CCOCC3)ccc21. The molecular weight excluding hydrogens is 406 g/mol. The molecule has 0 aliphatic carbocycles. The lowest BCUT2D eigenvalue weighted by molar-refractivity contribution is 0.0730. The van der Waals surface area contributed by atoms with Crippen LogP contribution in [0.25, 0.3) is 11.0 Å². The first kappa shape index (κ1) is 20.4. The second-order valence-electron chi connectivity index (χ2n) is 6.99. The predicted octanol–water partition coefficient (Wildman–Crippen LogP) is 3.76. The molecule has 8 heteroatoms. The summed E-state index contributed by atoms with van der Waals surface area (Å²) in [5, 5.41) is 0.923. The Morgan fingerprint density at radius 2 is 1.86 bits per heavy atom. The van der Waals surface area contributed by atoms with Crippen molar-refractivity contribution in [2.45, 2.75) is 35.7 Å². The number of benzene rings is 2. The van der Waals surface area contributed by atoms with Crippen LogP contribution in [0, 0.1) is 0 Å². The van der Waals surface area contributed by atoms with Gasteiger partial charge in [-0.3, -0.25) is 0 Å². The fraction of sp³-hybridized carbons (Fsp3) is 0.381. The molecule has 1 fully saturated rings. The molecule has 0 atom stereocenters. The van der Waals surface area contributed by atoms with Gasteiger partial charge in [0.25, 0.3) is 0 Å². The van der Waals surface area contributed by atoms with Crippen molar-refractivity contribution in [3.8, 4) is 0 Å². The van der Waals surface area contributed by atoms with E-state index in [1.165, 1.54) is 9.87 Å². The van der Waals surface area contributed by atoms with Gasteiger partial charge in [0.15, 0.2) is 5.16 Å². The lowest BCUT2D eigenvalue weighted by atomic mass is 10.2. The first-order valence-electron chi connectivity index (χ1n) is 9.84. The fourth-order valence-electron chi connectivity index (χ4n) is 3.46. The van der Waals surface area contributed by atoms with Gasteiger partial charge in [-0.2, -0.15) is 4.31 Å². The second-order valence-corrected chi connectivity index (χ2v) is 9.87. The molecule has 0 saturated carbocycles. The fourth-order valence-corrected chi connectivity index (χ4v) is 5.88. The van der Waals surface area contributed by atoms with Crippen LogP contribution < -0.4 is 0 Å². The van der Waals surface area contributed by atoms with Gasteiger partial charge in [0, 0.05) is 25.4 Å². The van der Waals surface area contributed by atoms with Crippen LogP contribution in [0.5, 0.6) is 0 Å². The molecule has 0 bridgehead atoms. The van der Waals surface area contributed by atoms with Gasteiger partial charge < -0.3 is 9.30 Å². The van der Waals surface area contributed by atoms with Gasteiger partial charge >= 0.3 is 0 Å². The lowest BCUT2D eigenvalue weighted by Crippen LogP contribution is -2.40. The van der Waals surface area contributed by atoms with E-state index in [2.05, 4.69) is 23.6 Å². The van der Waals surface area contributed by atoms with Gasteiger partial charge in [-0.15, -0.1) is 0 Å². The standard InChI is InChI=1S/C21H25N3O3S2/c1-2-10-24-20-9-8-18(29(25,26)23-11-13-27-14-12-23)15-19(20)22-21(24)28-16-17-6-4-3-5-7-17/h3-9,15H,2,10-14,16H2,1H3. The largest absolute Gasteiger partial charge is 0.379 e. The number of sulfonamides is 1. The summed E-state index contributed by atoms with van der Waals surface area (Å²) >= 11 is 1.68. The van der Waals surface area contributed by atoms with Crippen LogP contribution in [0.3, 0.4) is 0 Å². The molecule has 0 amide bonds. The van der Waals surface area contributed by atoms with Crippen LogP contribution in [0.1, 0.15) is 18.9 Å². The van der Waals surface area contributed by atoms with Gasteiger partial charge in [-0.25, -0.2) is 13.4 Å². The normalized spacial score (nSPS) is 15.8. The van der Waals surface area contributed by atoms with E-state index in [0.717, 1.165) is 34.9 Å². The Balaban J connectivity index is 1.65. The maximum absolute atomic E-state index is 13.0. The van der Waals surface area contributed by atoms with Crippen LogP contribution in [-0.4, -0.2) is 48.6 Å². The van der Waals surface area contributed by atoms with Crippen LogP contribution in [-0.2, 0) is 27.1 Å². The predicted molar refractivity (Wildman–Crippen MR) is 116 cm³/mol.